The summed E-state index contributed by atoms with van der Waals surface area (Å²) in [5.74, 6) is 0. The highest BCUT2D eigenvalue weighted by atomic mass is 32.4. The maximum atomic E-state index is 6.40. The minimum atomic E-state index is -2.12. The molecule has 26 heavy (non-hydrogen) atoms. The van der Waals surface area contributed by atoms with Gasteiger partial charge in [0, 0.05) is 24.8 Å². The van der Waals surface area contributed by atoms with E-state index < -0.39 is 6.04 Å². The summed E-state index contributed by atoms with van der Waals surface area (Å²) in [4.78, 5) is 0. The van der Waals surface area contributed by atoms with Gasteiger partial charge in [-0.1, -0.05) is 90.7 Å². The molecule has 0 bridgehead atoms. The fourth-order valence-corrected chi connectivity index (χ4v) is 6.92. The molecule has 0 aliphatic rings. The van der Waals surface area contributed by atoms with Gasteiger partial charge in [0.25, 0.3) is 0 Å². The first kappa shape index (κ1) is 17.0. The summed E-state index contributed by atoms with van der Waals surface area (Å²) in [6.45, 7) is 0. The maximum Gasteiger partial charge on any atom is 0.0923 e. The van der Waals surface area contributed by atoms with Crippen LogP contribution in [0.5, 0.6) is 0 Å². The van der Waals surface area contributed by atoms with Crippen LogP contribution in [0.25, 0.3) is 11.3 Å². The smallest absolute Gasteiger partial charge is 0.0923 e. The molecule has 2 nitrogen and oxygen atoms in total. The zero-order valence-corrected chi connectivity index (χ0v) is 16.2. The van der Waals surface area contributed by atoms with E-state index in [1.165, 1.54) is 15.9 Å². The van der Waals surface area contributed by atoms with E-state index in [9.17, 15) is 0 Å². The standard InChI is InChI=1S/C22H19N2PS/c1-24-16-15-22(23-24)18-9-8-14-21(17-18)25(26,19-10-4-2-5-11-19)20-12-6-3-7-13-20/h2-17H,1H3. The summed E-state index contributed by atoms with van der Waals surface area (Å²) >= 11 is 6.40. The second-order valence-corrected chi connectivity index (χ2v) is 10.6. The van der Waals surface area contributed by atoms with Crippen LogP contribution in [-0.4, -0.2) is 9.78 Å². The number of aryl methyl sites for hydroxylation is 1. The van der Waals surface area contributed by atoms with E-state index in [-0.39, 0.29) is 0 Å². The van der Waals surface area contributed by atoms with Crippen LogP contribution in [-0.2, 0) is 18.9 Å². The van der Waals surface area contributed by atoms with E-state index in [2.05, 4.69) is 77.9 Å². The van der Waals surface area contributed by atoms with Crippen molar-refractivity contribution in [3.8, 4) is 11.3 Å². The van der Waals surface area contributed by atoms with Crippen molar-refractivity contribution in [2.24, 2.45) is 7.05 Å². The highest BCUT2D eigenvalue weighted by Crippen LogP contribution is 2.43. The molecule has 0 aliphatic carbocycles. The molecule has 0 saturated heterocycles. The Morgan fingerprint density at radius 2 is 1.31 bits per heavy atom. The Balaban J connectivity index is 1.92. The van der Waals surface area contributed by atoms with Crippen molar-refractivity contribution >= 4 is 33.8 Å². The van der Waals surface area contributed by atoms with Gasteiger partial charge in [0.05, 0.1) is 5.69 Å². The average molecular weight is 374 g/mol. The molecular formula is C22H19N2PS. The van der Waals surface area contributed by atoms with Crippen LogP contribution < -0.4 is 15.9 Å². The number of hydrogen-bond acceptors (Lipinski definition) is 2. The van der Waals surface area contributed by atoms with E-state index in [0.29, 0.717) is 0 Å². The first-order chi connectivity index (χ1) is 12.7. The predicted molar refractivity (Wildman–Crippen MR) is 115 cm³/mol. The normalized spacial score (nSPS) is 11.4. The molecule has 0 radical (unpaired) electrons. The molecule has 4 heteroatoms. The monoisotopic (exact) mass is 374 g/mol. The summed E-state index contributed by atoms with van der Waals surface area (Å²) in [6, 6.07) is 29.5. The minimum Gasteiger partial charge on any atom is -0.275 e. The van der Waals surface area contributed by atoms with Crippen molar-refractivity contribution in [1.29, 1.82) is 0 Å². The second-order valence-electron chi connectivity index (χ2n) is 6.21. The number of rotatable bonds is 4. The Labute approximate surface area is 159 Å². The van der Waals surface area contributed by atoms with Crippen molar-refractivity contribution in [1.82, 2.24) is 9.78 Å². The average Bonchev–Trinajstić information content (AvgIpc) is 3.15. The van der Waals surface area contributed by atoms with Crippen LogP contribution >= 0.6 is 6.04 Å². The van der Waals surface area contributed by atoms with Gasteiger partial charge in [-0.25, -0.2) is 0 Å². The lowest BCUT2D eigenvalue weighted by atomic mass is 10.2. The summed E-state index contributed by atoms with van der Waals surface area (Å²) in [6.07, 6.45) is 1.96. The van der Waals surface area contributed by atoms with Gasteiger partial charge < -0.3 is 0 Å². The highest BCUT2D eigenvalue weighted by Gasteiger charge is 2.25. The SMILES string of the molecule is Cn1ccc(-c2cccc(P(=S)(c3ccccc3)c3ccccc3)c2)n1. The third kappa shape index (κ3) is 3.05. The van der Waals surface area contributed by atoms with Crippen LogP contribution in [0.1, 0.15) is 0 Å². The molecule has 0 spiro atoms. The number of benzene rings is 3. The zero-order chi connectivity index (χ0) is 18.0. The van der Waals surface area contributed by atoms with Crippen LogP contribution in [0.15, 0.2) is 97.2 Å². The predicted octanol–water partition coefficient (Wildman–Crippen LogP) is 3.84. The molecule has 0 amide bonds. The van der Waals surface area contributed by atoms with Gasteiger partial charge in [0.2, 0.25) is 0 Å². The van der Waals surface area contributed by atoms with E-state index >= 15 is 0 Å². The van der Waals surface area contributed by atoms with Crippen molar-refractivity contribution in [3.05, 3.63) is 97.2 Å². The van der Waals surface area contributed by atoms with E-state index in [0.717, 1.165) is 11.3 Å². The molecule has 0 N–H and O–H groups in total. The van der Waals surface area contributed by atoms with Gasteiger partial charge in [0.15, 0.2) is 0 Å². The van der Waals surface area contributed by atoms with Crippen molar-refractivity contribution < 1.29 is 0 Å². The molecule has 0 fully saturated rings. The molecule has 1 heterocycles. The number of hydrogen-bond donors (Lipinski definition) is 0. The van der Waals surface area contributed by atoms with Crippen LogP contribution in [0, 0.1) is 0 Å². The van der Waals surface area contributed by atoms with Gasteiger partial charge >= 0.3 is 0 Å². The fraction of sp³-hybridized carbons (Fsp3) is 0.0455. The Hall–Kier alpha value is -2.48. The first-order valence-electron chi connectivity index (χ1n) is 8.50. The van der Waals surface area contributed by atoms with Gasteiger partial charge in [0.1, 0.15) is 0 Å². The quantitative estimate of drug-likeness (QED) is 0.505. The molecule has 0 unspecified atom stereocenters. The highest BCUT2D eigenvalue weighted by molar-refractivity contribution is 8.25. The van der Waals surface area contributed by atoms with Crippen molar-refractivity contribution in [3.63, 3.8) is 0 Å². The molecule has 0 atom stereocenters. The fourth-order valence-electron chi connectivity index (χ4n) is 3.15. The second kappa shape index (κ2) is 7.03. The Kier molecular flexibility index (Phi) is 4.58. The Morgan fingerprint density at radius 3 is 1.85 bits per heavy atom. The van der Waals surface area contributed by atoms with Crippen molar-refractivity contribution in [2.45, 2.75) is 0 Å². The number of aromatic nitrogens is 2. The summed E-state index contributed by atoms with van der Waals surface area (Å²) < 4.78 is 1.83. The lowest BCUT2D eigenvalue weighted by Gasteiger charge is -2.24. The molecule has 4 rings (SSSR count). The van der Waals surface area contributed by atoms with Crippen molar-refractivity contribution in [2.75, 3.05) is 0 Å². The van der Waals surface area contributed by atoms with Gasteiger partial charge in [-0.3, -0.25) is 4.68 Å². The van der Waals surface area contributed by atoms with E-state index in [1.807, 2.05) is 36.1 Å². The molecule has 128 valence electrons. The van der Waals surface area contributed by atoms with Gasteiger partial charge in [-0.15, -0.1) is 0 Å². The molecule has 3 aromatic carbocycles. The molecule has 0 saturated carbocycles. The van der Waals surface area contributed by atoms with Gasteiger partial charge in [-0.05, 0) is 28.0 Å². The Morgan fingerprint density at radius 1 is 0.731 bits per heavy atom. The third-order valence-corrected chi connectivity index (χ3v) is 9.41. The largest absolute Gasteiger partial charge is 0.275 e. The molecule has 0 aliphatic heterocycles. The Bertz CT molecular complexity index is 1030. The van der Waals surface area contributed by atoms with E-state index in [4.69, 9.17) is 11.8 Å². The third-order valence-electron chi connectivity index (χ3n) is 4.46. The van der Waals surface area contributed by atoms with Crippen LogP contribution in [0.3, 0.4) is 0 Å². The molecular weight excluding hydrogens is 355 g/mol. The summed E-state index contributed by atoms with van der Waals surface area (Å²) in [7, 11) is 1.94. The minimum absolute atomic E-state index is 0.969. The summed E-state index contributed by atoms with van der Waals surface area (Å²) in [5.41, 5.74) is 2.07. The first-order valence-corrected chi connectivity index (χ1v) is 11.3. The zero-order valence-electron chi connectivity index (χ0n) is 14.5. The van der Waals surface area contributed by atoms with E-state index in [1.54, 1.807) is 0 Å². The van der Waals surface area contributed by atoms with Crippen LogP contribution in [0.2, 0.25) is 0 Å². The summed E-state index contributed by atoms with van der Waals surface area (Å²) in [5, 5.41) is 8.15. The number of nitrogens with zero attached hydrogens (tertiary/aromatic N) is 2. The molecule has 4 aromatic rings. The lowest BCUT2D eigenvalue weighted by molar-refractivity contribution is 0.771. The topological polar surface area (TPSA) is 17.8 Å². The maximum absolute atomic E-state index is 6.40. The molecule has 1 aromatic heterocycles. The van der Waals surface area contributed by atoms with Crippen LogP contribution in [0.4, 0.5) is 0 Å². The van der Waals surface area contributed by atoms with Gasteiger partial charge in [-0.2, -0.15) is 5.10 Å². The lowest BCUT2D eigenvalue weighted by Crippen LogP contribution is -2.24.